The van der Waals surface area contributed by atoms with Crippen molar-refractivity contribution in [1.82, 2.24) is 9.78 Å². The van der Waals surface area contributed by atoms with Crippen LogP contribution in [0.4, 0.5) is 25.0 Å². The van der Waals surface area contributed by atoms with Crippen molar-refractivity contribution in [1.29, 1.82) is 0 Å². The largest absolute Gasteiger partial charge is 0.480 e. The van der Waals surface area contributed by atoms with Gasteiger partial charge in [-0.2, -0.15) is 5.10 Å². The molecule has 0 saturated heterocycles. The van der Waals surface area contributed by atoms with E-state index in [1.54, 1.807) is 0 Å². The first-order valence-electron chi connectivity index (χ1n) is 5.71. The van der Waals surface area contributed by atoms with Gasteiger partial charge in [-0.15, -0.1) is 0 Å². The molecule has 21 heavy (non-hydrogen) atoms. The predicted octanol–water partition coefficient (Wildman–Crippen LogP) is 1.89. The van der Waals surface area contributed by atoms with Crippen molar-refractivity contribution in [2.24, 2.45) is 0 Å². The summed E-state index contributed by atoms with van der Waals surface area (Å²) in [6.45, 7) is -0.359. The number of hydrogen-bond acceptors (Lipinski definition) is 3. The normalized spacial score (nSPS) is 10.2. The number of nitrogens with one attached hydrogen (secondary N) is 2. The maximum atomic E-state index is 13.3. The molecule has 0 fully saturated rings. The van der Waals surface area contributed by atoms with Crippen LogP contribution in [-0.2, 0) is 11.3 Å². The summed E-state index contributed by atoms with van der Waals surface area (Å²) in [5.74, 6) is -2.56. The zero-order valence-corrected chi connectivity index (χ0v) is 10.5. The van der Waals surface area contributed by atoms with E-state index in [0.29, 0.717) is 0 Å². The van der Waals surface area contributed by atoms with Crippen LogP contribution in [-0.4, -0.2) is 26.9 Å². The highest BCUT2D eigenvalue weighted by atomic mass is 19.1. The van der Waals surface area contributed by atoms with Crippen molar-refractivity contribution in [3.8, 4) is 0 Å². The number of anilines is 2. The molecule has 0 aliphatic heterocycles. The monoisotopic (exact) mass is 296 g/mol. The smallest absolute Gasteiger partial charge is 0.325 e. The van der Waals surface area contributed by atoms with E-state index in [2.05, 4.69) is 15.7 Å². The Hall–Kier alpha value is -2.97. The summed E-state index contributed by atoms with van der Waals surface area (Å²) >= 11 is 0. The molecule has 2 aromatic rings. The van der Waals surface area contributed by atoms with E-state index in [1.165, 1.54) is 12.4 Å². The van der Waals surface area contributed by atoms with Gasteiger partial charge in [-0.25, -0.2) is 13.6 Å². The van der Waals surface area contributed by atoms with Gasteiger partial charge in [0.15, 0.2) is 0 Å². The maximum absolute atomic E-state index is 13.3. The molecule has 110 valence electrons. The van der Waals surface area contributed by atoms with E-state index in [-0.39, 0.29) is 17.9 Å². The number of carbonyl (C=O) groups excluding carboxylic acids is 1. The van der Waals surface area contributed by atoms with E-state index in [4.69, 9.17) is 5.11 Å². The van der Waals surface area contributed by atoms with Gasteiger partial charge in [0, 0.05) is 12.3 Å². The van der Waals surface area contributed by atoms with Gasteiger partial charge in [0.05, 0.1) is 17.6 Å². The molecule has 1 heterocycles. The number of aromatic nitrogens is 2. The SMILES string of the molecule is O=C(O)Cn1cc(NC(=O)Nc2cc(F)ccc2F)cn1. The summed E-state index contributed by atoms with van der Waals surface area (Å²) in [4.78, 5) is 22.1. The fraction of sp³-hybridized carbons (Fsp3) is 0.0833. The first-order valence-corrected chi connectivity index (χ1v) is 5.71. The van der Waals surface area contributed by atoms with E-state index >= 15 is 0 Å². The zero-order chi connectivity index (χ0) is 15.4. The quantitative estimate of drug-likeness (QED) is 0.802. The lowest BCUT2D eigenvalue weighted by atomic mass is 10.3. The van der Waals surface area contributed by atoms with Gasteiger partial charge in [0.25, 0.3) is 0 Å². The van der Waals surface area contributed by atoms with Crippen molar-refractivity contribution in [3.05, 3.63) is 42.2 Å². The number of hydrogen-bond donors (Lipinski definition) is 3. The third-order valence-corrected chi connectivity index (χ3v) is 2.36. The fourth-order valence-electron chi connectivity index (χ4n) is 1.53. The minimum absolute atomic E-state index is 0.213. The number of aliphatic carboxylic acids is 1. The lowest BCUT2D eigenvalue weighted by Crippen LogP contribution is -2.20. The third-order valence-electron chi connectivity index (χ3n) is 2.36. The van der Waals surface area contributed by atoms with Gasteiger partial charge in [-0.1, -0.05) is 0 Å². The molecule has 0 aliphatic rings. The Balaban J connectivity index is 2.00. The summed E-state index contributed by atoms with van der Waals surface area (Å²) < 4.78 is 27.4. The lowest BCUT2D eigenvalue weighted by molar-refractivity contribution is -0.137. The Morgan fingerprint density at radius 2 is 2.05 bits per heavy atom. The molecule has 1 aromatic carbocycles. The number of carboxylic acids is 1. The van der Waals surface area contributed by atoms with Crippen molar-refractivity contribution >= 4 is 23.4 Å². The molecule has 1 aromatic heterocycles. The molecule has 0 spiro atoms. The Labute approximate surface area is 117 Å². The Morgan fingerprint density at radius 1 is 1.29 bits per heavy atom. The van der Waals surface area contributed by atoms with Gasteiger partial charge in [0.2, 0.25) is 0 Å². The number of amides is 2. The van der Waals surface area contributed by atoms with Crippen LogP contribution in [0, 0.1) is 11.6 Å². The molecule has 9 heteroatoms. The van der Waals surface area contributed by atoms with Crippen LogP contribution in [0.15, 0.2) is 30.6 Å². The minimum atomic E-state index is -1.09. The van der Waals surface area contributed by atoms with Crippen molar-refractivity contribution in [2.75, 3.05) is 10.6 Å². The molecule has 7 nitrogen and oxygen atoms in total. The zero-order valence-electron chi connectivity index (χ0n) is 10.5. The number of carboxylic acid groups (broad SMARTS) is 1. The Bertz CT molecular complexity index is 687. The van der Waals surface area contributed by atoms with Crippen LogP contribution >= 0.6 is 0 Å². The summed E-state index contributed by atoms with van der Waals surface area (Å²) in [5, 5.41) is 16.7. The van der Waals surface area contributed by atoms with Crippen molar-refractivity contribution < 1.29 is 23.5 Å². The molecule has 0 bridgehead atoms. The van der Waals surface area contributed by atoms with Crippen LogP contribution in [0.2, 0.25) is 0 Å². The molecule has 0 saturated carbocycles. The standard InChI is InChI=1S/C12H10F2N4O3/c13-7-1-2-9(14)10(3-7)17-12(21)16-8-4-15-18(5-8)6-11(19)20/h1-5H,6H2,(H,19,20)(H2,16,17,21). The van der Waals surface area contributed by atoms with Crippen LogP contribution in [0.5, 0.6) is 0 Å². The number of nitrogens with zero attached hydrogens (tertiary/aromatic N) is 2. The highest BCUT2D eigenvalue weighted by Crippen LogP contribution is 2.15. The third kappa shape index (κ3) is 4.00. The highest BCUT2D eigenvalue weighted by Gasteiger charge is 2.10. The lowest BCUT2D eigenvalue weighted by Gasteiger charge is -2.06. The van der Waals surface area contributed by atoms with Crippen LogP contribution in [0.25, 0.3) is 0 Å². The average molecular weight is 296 g/mol. The van der Waals surface area contributed by atoms with Gasteiger partial charge >= 0.3 is 12.0 Å². The second-order valence-corrected chi connectivity index (χ2v) is 4.02. The molecule has 0 atom stereocenters. The number of halogens is 2. The summed E-state index contributed by atoms with van der Waals surface area (Å²) in [5.41, 5.74) is -0.101. The summed E-state index contributed by atoms with van der Waals surface area (Å²) in [6, 6.07) is 1.84. The molecule has 0 unspecified atom stereocenters. The minimum Gasteiger partial charge on any atom is -0.480 e. The summed E-state index contributed by atoms with van der Waals surface area (Å²) in [7, 11) is 0. The number of urea groups is 1. The van der Waals surface area contributed by atoms with E-state index in [1.807, 2.05) is 0 Å². The van der Waals surface area contributed by atoms with Crippen LogP contribution in [0.3, 0.4) is 0 Å². The topological polar surface area (TPSA) is 96.2 Å². The second-order valence-electron chi connectivity index (χ2n) is 4.02. The van der Waals surface area contributed by atoms with Gasteiger partial charge in [0.1, 0.15) is 18.2 Å². The molecular weight excluding hydrogens is 286 g/mol. The second kappa shape index (κ2) is 5.99. The van der Waals surface area contributed by atoms with Gasteiger partial charge in [-0.3, -0.25) is 9.48 Å². The first-order chi connectivity index (χ1) is 9.94. The van der Waals surface area contributed by atoms with Crippen molar-refractivity contribution in [3.63, 3.8) is 0 Å². The Kier molecular flexibility index (Phi) is 4.12. The first kappa shape index (κ1) is 14.4. The maximum Gasteiger partial charge on any atom is 0.325 e. The molecule has 3 N–H and O–H groups in total. The van der Waals surface area contributed by atoms with Crippen LogP contribution in [0.1, 0.15) is 0 Å². The summed E-state index contributed by atoms with van der Waals surface area (Å²) in [6.07, 6.45) is 2.51. The van der Waals surface area contributed by atoms with Crippen LogP contribution < -0.4 is 10.6 Å². The average Bonchev–Trinajstić information content (AvgIpc) is 2.80. The highest BCUT2D eigenvalue weighted by molar-refractivity contribution is 5.99. The van der Waals surface area contributed by atoms with Crippen molar-refractivity contribution in [2.45, 2.75) is 6.54 Å². The molecular formula is C12H10F2N4O3. The molecule has 2 rings (SSSR count). The van der Waals surface area contributed by atoms with Gasteiger partial charge < -0.3 is 15.7 Å². The molecule has 0 aliphatic carbocycles. The fourth-order valence-corrected chi connectivity index (χ4v) is 1.53. The van der Waals surface area contributed by atoms with E-state index < -0.39 is 23.6 Å². The molecule has 0 radical (unpaired) electrons. The number of rotatable bonds is 4. The van der Waals surface area contributed by atoms with Gasteiger partial charge in [-0.05, 0) is 12.1 Å². The van der Waals surface area contributed by atoms with E-state index in [9.17, 15) is 18.4 Å². The molecule has 2 amide bonds. The number of benzene rings is 1. The van der Waals surface area contributed by atoms with E-state index in [0.717, 1.165) is 22.9 Å². The predicted molar refractivity (Wildman–Crippen MR) is 68.9 cm³/mol. The Morgan fingerprint density at radius 3 is 2.76 bits per heavy atom. The number of carbonyl (C=O) groups is 2.